The number of rotatable bonds is 18. The summed E-state index contributed by atoms with van der Waals surface area (Å²) in [6, 6.07) is 15.2. The zero-order valence-corrected chi connectivity index (χ0v) is 34.8. The average molecular weight is 761 g/mol. The van der Waals surface area contributed by atoms with Gasteiger partial charge in [-0.3, -0.25) is 10.1 Å². The number of hydrogen-bond donors (Lipinski definition) is 4. The van der Waals surface area contributed by atoms with E-state index in [1.807, 2.05) is 18.2 Å². The Morgan fingerprint density at radius 1 is 0.907 bits per heavy atom. The Bertz CT molecular complexity index is 1670. The minimum Gasteiger partial charge on any atom is -0.506 e. The van der Waals surface area contributed by atoms with Gasteiger partial charge in [0.2, 0.25) is 5.56 Å². The number of amides is 1. The molecule has 4 N–H and O–H groups in total. The van der Waals surface area contributed by atoms with Crippen molar-refractivity contribution >= 4 is 31.0 Å². The summed E-state index contributed by atoms with van der Waals surface area (Å²) >= 11 is 0. The quantitative estimate of drug-likeness (QED) is 0.0754. The van der Waals surface area contributed by atoms with Gasteiger partial charge in [-0.15, -0.1) is 0 Å². The summed E-state index contributed by atoms with van der Waals surface area (Å²) in [5.74, 6) is 0.611. The van der Waals surface area contributed by atoms with Gasteiger partial charge in [-0.25, -0.2) is 4.79 Å². The minimum atomic E-state index is -2.10. The fourth-order valence-electron chi connectivity index (χ4n) is 7.91. The third-order valence-electron chi connectivity index (χ3n) is 12.2. The number of anilines is 1. The number of unbranched alkanes of at least 4 members (excludes halogenated alkanes) is 6. The molecule has 1 saturated heterocycles. The standard InChI is InChI=1S/C44H68N4O5Si/c1-44(2,3)54(4,5)53-40(36-22-24-39(49)42-37(36)23-25-41(50)47-42)32-45-28-16-9-7-6-8-10-17-29-48-30-26-34(27-31-48)52-43(51)46-38-21-15-14-20-35(38)33-18-12-11-13-19-33/h14-15,20-25,33-34,40,45,49H,6-13,16-19,26-32H2,1-5H3,(H,46,51)(H,47,50)/t40-/m1/s1. The molecular weight excluding hydrogens is 693 g/mol. The summed E-state index contributed by atoms with van der Waals surface area (Å²) in [7, 11) is -2.10. The van der Waals surface area contributed by atoms with Gasteiger partial charge < -0.3 is 29.5 Å². The first-order valence-corrected chi connectivity index (χ1v) is 23.8. The molecule has 0 unspecified atom stereocenters. The highest BCUT2D eigenvalue weighted by atomic mass is 28.4. The van der Waals surface area contributed by atoms with Crippen LogP contribution in [0.4, 0.5) is 10.5 Å². The van der Waals surface area contributed by atoms with Crippen LogP contribution in [0.5, 0.6) is 5.75 Å². The Morgan fingerprint density at radius 3 is 2.31 bits per heavy atom. The van der Waals surface area contributed by atoms with Crippen LogP contribution in [0, 0.1) is 0 Å². The number of nitrogens with one attached hydrogen (secondary N) is 3. The number of piperidine rings is 1. The van der Waals surface area contributed by atoms with Crippen LogP contribution in [0.15, 0.2) is 53.3 Å². The first-order valence-electron chi connectivity index (χ1n) is 20.9. The number of ether oxygens (including phenoxy) is 1. The van der Waals surface area contributed by atoms with Gasteiger partial charge in [0.25, 0.3) is 0 Å². The molecule has 298 valence electrons. The molecule has 0 radical (unpaired) electrons. The molecule has 5 rings (SSSR count). The predicted octanol–water partition coefficient (Wildman–Crippen LogP) is 10.4. The van der Waals surface area contributed by atoms with E-state index in [0.717, 1.165) is 62.1 Å². The zero-order chi connectivity index (χ0) is 38.6. The van der Waals surface area contributed by atoms with Crippen molar-refractivity contribution in [1.82, 2.24) is 15.2 Å². The van der Waals surface area contributed by atoms with Crippen LogP contribution in [-0.2, 0) is 9.16 Å². The van der Waals surface area contributed by atoms with E-state index in [-0.39, 0.29) is 34.6 Å². The largest absolute Gasteiger partial charge is 0.506 e. The lowest BCUT2D eigenvalue weighted by Crippen LogP contribution is -2.43. The smallest absolute Gasteiger partial charge is 0.411 e. The number of nitrogens with zero attached hydrogens (tertiary/aromatic N) is 1. The molecule has 2 heterocycles. The van der Waals surface area contributed by atoms with E-state index in [0.29, 0.717) is 18.0 Å². The van der Waals surface area contributed by atoms with Crippen LogP contribution in [0.1, 0.15) is 134 Å². The summed E-state index contributed by atoms with van der Waals surface area (Å²) in [5.41, 5.74) is 3.40. The number of H-pyrrole nitrogens is 1. The van der Waals surface area contributed by atoms with E-state index in [4.69, 9.17) is 9.16 Å². The Kier molecular flexibility index (Phi) is 15.6. The Labute approximate surface area is 325 Å². The third kappa shape index (κ3) is 12.2. The van der Waals surface area contributed by atoms with E-state index in [9.17, 15) is 14.7 Å². The molecule has 1 atom stereocenters. The summed E-state index contributed by atoms with van der Waals surface area (Å²) in [6.45, 7) is 16.0. The number of para-hydroxylation sites is 1. The highest BCUT2D eigenvalue weighted by Gasteiger charge is 2.39. The molecule has 9 nitrogen and oxygen atoms in total. The lowest BCUT2D eigenvalue weighted by Gasteiger charge is -2.39. The van der Waals surface area contributed by atoms with Crippen LogP contribution < -0.4 is 16.2 Å². The van der Waals surface area contributed by atoms with E-state index in [2.05, 4.69) is 66.5 Å². The van der Waals surface area contributed by atoms with Gasteiger partial charge in [-0.2, -0.15) is 0 Å². The number of benzene rings is 2. The monoisotopic (exact) mass is 760 g/mol. The molecule has 10 heteroatoms. The highest BCUT2D eigenvalue weighted by molar-refractivity contribution is 6.74. The number of pyridine rings is 1. The van der Waals surface area contributed by atoms with Gasteiger partial charge in [0.05, 0.1) is 11.6 Å². The average Bonchev–Trinajstić information content (AvgIpc) is 3.14. The van der Waals surface area contributed by atoms with E-state index in [1.54, 1.807) is 12.1 Å². The number of fused-ring (bicyclic) bond motifs is 1. The molecule has 1 aliphatic heterocycles. The molecule has 1 aliphatic carbocycles. The molecule has 2 aliphatic rings. The number of hydrogen-bond acceptors (Lipinski definition) is 7. The van der Waals surface area contributed by atoms with Crippen molar-refractivity contribution in [3.63, 3.8) is 0 Å². The van der Waals surface area contributed by atoms with Gasteiger partial charge in [0, 0.05) is 36.8 Å². The van der Waals surface area contributed by atoms with Crippen molar-refractivity contribution in [2.24, 2.45) is 0 Å². The second-order valence-electron chi connectivity index (χ2n) is 17.3. The predicted molar refractivity (Wildman–Crippen MR) is 224 cm³/mol. The van der Waals surface area contributed by atoms with Gasteiger partial charge in [0.1, 0.15) is 11.9 Å². The highest BCUT2D eigenvalue weighted by Crippen LogP contribution is 2.41. The summed E-state index contributed by atoms with van der Waals surface area (Å²) in [4.78, 5) is 30.2. The van der Waals surface area contributed by atoms with Gasteiger partial charge in [-0.1, -0.05) is 96.4 Å². The van der Waals surface area contributed by atoms with Crippen molar-refractivity contribution in [3.8, 4) is 5.75 Å². The van der Waals surface area contributed by atoms with Gasteiger partial charge in [0.15, 0.2) is 8.32 Å². The van der Waals surface area contributed by atoms with Crippen LogP contribution in [0.25, 0.3) is 10.9 Å². The second kappa shape index (κ2) is 20.1. The molecule has 1 aromatic heterocycles. The number of carbonyl (C=O) groups is 1. The lowest BCUT2D eigenvalue weighted by molar-refractivity contribution is 0.0584. The second-order valence-corrected chi connectivity index (χ2v) is 22.1. The van der Waals surface area contributed by atoms with Crippen molar-refractivity contribution < 1.29 is 19.1 Å². The first kappa shape index (κ1) is 42.0. The van der Waals surface area contributed by atoms with Crippen molar-refractivity contribution in [2.75, 3.05) is 38.0 Å². The summed E-state index contributed by atoms with van der Waals surface area (Å²) in [6.07, 6.45) is 16.2. The number of aromatic amines is 1. The minimum absolute atomic E-state index is 0.00677. The number of carbonyl (C=O) groups excluding carboxylic acids is 1. The van der Waals surface area contributed by atoms with Crippen molar-refractivity contribution in [1.29, 1.82) is 0 Å². The number of aromatic hydroxyl groups is 1. The molecule has 2 fully saturated rings. The Morgan fingerprint density at radius 2 is 1.59 bits per heavy atom. The molecule has 3 aromatic rings. The fraction of sp³-hybridized carbons (Fsp3) is 0.636. The maximum atomic E-state index is 12.8. The molecule has 2 aromatic carbocycles. The number of likely N-dealkylation sites (tertiary alicyclic amines) is 1. The number of aromatic nitrogens is 1. The van der Waals surface area contributed by atoms with E-state index >= 15 is 0 Å². The SMILES string of the molecule is CC(C)(C)[Si](C)(C)O[C@H](CNCCCCCCCCCN1CCC(OC(=O)Nc2ccccc2C2CCCCC2)CC1)c1ccc(O)c2[nH]c(=O)ccc12. The fourth-order valence-corrected chi connectivity index (χ4v) is 9.19. The maximum Gasteiger partial charge on any atom is 0.411 e. The molecular formula is C44H68N4O5Si. The summed E-state index contributed by atoms with van der Waals surface area (Å²) < 4.78 is 12.8. The van der Waals surface area contributed by atoms with E-state index < -0.39 is 8.32 Å². The van der Waals surface area contributed by atoms with Crippen LogP contribution in [0.2, 0.25) is 18.1 Å². The van der Waals surface area contributed by atoms with Gasteiger partial charge in [-0.05, 0) is 105 Å². The summed E-state index contributed by atoms with van der Waals surface area (Å²) in [5, 5.41) is 18.1. The number of phenols is 1. The topological polar surface area (TPSA) is 116 Å². The normalized spacial score (nSPS) is 17.1. The maximum absolute atomic E-state index is 12.8. The first-order chi connectivity index (χ1) is 25.9. The zero-order valence-electron chi connectivity index (χ0n) is 33.8. The number of phenolic OH excluding ortho intramolecular Hbond substituents is 1. The van der Waals surface area contributed by atoms with E-state index in [1.165, 1.54) is 82.3 Å². The Hall–Kier alpha value is -3.18. The Balaban J connectivity index is 0.935. The van der Waals surface area contributed by atoms with Crippen LogP contribution >= 0.6 is 0 Å². The third-order valence-corrected chi connectivity index (χ3v) is 16.7. The van der Waals surface area contributed by atoms with Crippen LogP contribution in [-0.4, -0.2) is 68.2 Å². The molecule has 0 spiro atoms. The molecule has 0 bridgehead atoms. The van der Waals surface area contributed by atoms with Crippen molar-refractivity contribution in [3.05, 3.63) is 70.0 Å². The van der Waals surface area contributed by atoms with Crippen LogP contribution in [0.3, 0.4) is 0 Å². The van der Waals surface area contributed by atoms with Crippen molar-refractivity contribution in [2.45, 2.75) is 147 Å². The molecule has 1 amide bonds. The lowest BCUT2D eigenvalue weighted by atomic mass is 9.83. The molecule has 1 saturated carbocycles. The van der Waals surface area contributed by atoms with Gasteiger partial charge >= 0.3 is 6.09 Å². The molecule has 54 heavy (non-hydrogen) atoms.